The zero-order chi connectivity index (χ0) is 21.3. The Balaban J connectivity index is 1.69. The van der Waals surface area contributed by atoms with Crippen molar-refractivity contribution < 1.29 is 14.3 Å². The number of anilines is 1. The van der Waals surface area contributed by atoms with E-state index >= 15 is 0 Å². The van der Waals surface area contributed by atoms with Crippen molar-refractivity contribution >= 4 is 40.2 Å². The fourth-order valence-electron chi connectivity index (χ4n) is 2.88. The number of aromatic nitrogens is 4. The highest BCUT2D eigenvalue weighted by Gasteiger charge is 2.26. The molecule has 0 fully saturated rings. The number of hydrogen-bond acceptors (Lipinski definition) is 5. The van der Waals surface area contributed by atoms with E-state index in [-0.39, 0.29) is 16.4 Å². The average molecular weight is 420 g/mol. The number of nitrogens with zero attached hydrogens (tertiary/aromatic N) is 2. The third-order valence-electron chi connectivity index (χ3n) is 4.24. The van der Waals surface area contributed by atoms with Crippen molar-refractivity contribution in [3.05, 3.63) is 45.1 Å². The van der Waals surface area contributed by atoms with Crippen LogP contribution in [-0.4, -0.2) is 37.7 Å². The number of imidazole rings is 1. The standard InChI is InChI=1S/C19H22ClN5O4/c1-9(2)8-25-16(20)15(10(3)24-25)18(27)29-11(4)17(26)21-12-5-6-13-14(7-12)23-19(28)22-13/h5-7,9,11H,8H2,1-4H3,(H,21,26)(H2,22,23,28)/t11-/m0/s1. The van der Waals surface area contributed by atoms with Crippen molar-refractivity contribution in [3.63, 3.8) is 0 Å². The molecular formula is C19H22ClN5O4. The summed E-state index contributed by atoms with van der Waals surface area (Å²) in [6, 6.07) is 4.90. The number of halogens is 1. The molecule has 1 atom stereocenters. The van der Waals surface area contributed by atoms with E-state index in [0.717, 1.165) is 0 Å². The maximum absolute atomic E-state index is 12.5. The highest BCUT2D eigenvalue weighted by Crippen LogP contribution is 2.22. The Hall–Kier alpha value is -3.07. The molecule has 0 unspecified atom stereocenters. The summed E-state index contributed by atoms with van der Waals surface area (Å²) in [6.07, 6.45) is -1.06. The number of benzene rings is 1. The van der Waals surface area contributed by atoms with E-state index in [1.54, 1.807) is 29.8 Å². The van der Waals surface area contributed by atoms with Crippen molar-refractivity contribution in [1.29, 1.82) is 0 Å². The topological polar surface area (TPSA) is 122 Å². The molecule has 9 nitrogen and oxygen atoms in total. The number of fused-ring (bicyclic) bond motifs is 1. The molecule has 3 N–H and O–H groups in total. The van der Waals surface area contributed by atoms with Crippen LogP contribution in [0.1, 0.15) is 36.8 Å². The zero-order valence-corrected chi connectivity index (χ0v) is 17.3. The first-order valence-electron chi connectivity index (χ1n) is 9.12. The first-order chi connectivity index (χ1) is 13.7. The number of amides is 1. The van der Waals surface area contributed by atoms with Crippen LogP contribution in [0.2, 0.25) is 5.15 Å². The lowest BCUT2D eigenvalue weighted by Crippen LogP contribution is -2.30. The van der Waals surface area contributed by atoms with Gasteiger partial charge in [0.05, 0.1) is 16.7 Å². The summed E-state index contributed by atoms with van der Waals surface area (Å²) in [5.74, 6) is -0.929. The molecule has 0 saturated heterocycles. The Kier molecular flexibility index (Phi) is 5.78. The molecule has 0 spiro atoms. The second-order valence-electron chi connectivity index (χ2n) is 7.20. The van der Waals surface area contributed by atoms with Gasteiger partial charge in [-0.05, 0) is 38.0 Å². The molecule has 154 valence electrons. The molecule has 3 aromatic rings. The van der Waals surface area contributed by atoms with Crippen LogP contribution in [0.15, 0.2) is 23.0 Å². The molecule has 1 amide bonds. The van der Waals surface area contributed by atoms with Crippen LogP contribution in [0.5, 0.6) is 0 Å². The minimum absolute atomic E-state index is 0.151. The van der Waals surface area contributed by atoms with Gasteiger partial charge in [0.1, 0.15) is 10.7 Å². The molecule has 0 aliphatic rings. The molecule has 0 aliphatic carbocycles. The molecule has 0 radical (unpaired) electrons. The number of esters is 1. The smallest absolute Gasteiger partial charge is 0.343 e. The van der Waals surface area contributed by atoms with Crippen LogP contribution in [0.25, 0.3) is 11.0 Å². The van der Waals surface area contributed by atoms with Gasteiger partial charge in [0.2, 0.25) is 0 Å². The number of H-pyrrole nitrogens is 2. The Morgan fingerprint density at radius 1 is 1.24 bits per heavy atom. The van der Waals surface area contributed by atoms with Gasteiger partial charge in [-0.15, -0.1) is 0 Å². The monoisotopic (exact) mass is 419 g/mol. The first-order valence-corrected chi connectivity index (χ1v) is 9.50. The second-order valence-corrected chi connectivity index (χ2v) is 7.56. The lowest BCUT2D eigenvalue weighted by atomic mass is 10.2. The highest BCUT2D eigenvalue weighted by molar-refractivity contribution is 6.32. The highest BCUT2D eigenvalue weighted by atomic mass is 35.5. The van der Waals surface area contributed by atoms with Crippen molar-refractivity contribution in [2.75, 3.05) is 5.32 Å². The Morgan fingerprint density at radius 2 is 1.93 bits per heavy atom. The Labute approximate surface area is 171 Å². The molecule has 0 aliphatic heterocycles. The molecule has 2 heterocycles. The van der Waals surface area contributed by atoms with Crippen molar-refractivity contribution in [2.45, 2.75) is 40.3 Å². The lowest BCUT2D eigenvalue weighted by Gasteiger charge is -2.13. The molecule has 29 heavy (non-hydrogen) atoms. The van der Waals surface area contributed by atoms with Gasteiger partial charge in [0.25, 0.3) is 5.91 Å². The van der Waals surface area contributed by atoms with Crippen LogP contribution in [0, 0.1) is 12.8 Å². The largest absolute Gasteiger partial charge is 0.449 e. The SMILES string of the molecule is Cc1nn(CC(C)C)c(Cl)c1C(=O)O[C@@H](C)C(=O)Nc1ccc2[nH]c(=O)[nH]c2c1. The minimum atomic E-state index is -1.06. The molecule has 3 rings (SSSR count). The van der Waals surface area contributed by atoms with Gasteiger partial charge in [-0.2, -0.15) is 5.10 Å². The van der Waals surface area contributed by atoms with E-state index in [4.69, 9.17) is 16.3 Å². The number of carbonyl (C=O) groups excluding carboxylic acids is 2. The van der Waals surface area contributed by atoms with Gasteiger partial charge in [-0.3, -0.25) is 9.48 Å². The normalized spacial score (nSPS) is 12.3. The van der Waals surface area contributed by atoms with Crippen molar-refractivity contribution in [3.8, 4) is 0 Å². The summed E-state index contributed by atoms with van der Waals surface area (Å²) in [6.45, 7) is 7.71. The van der Waals surface area contributed by atoms with E-state index in [1.165, 1.54) is 6.92 Å². The van der Waals surface area contributed by atoms with Gasteiger partial charge in [0.15, 0.2) is 6.10 Å². The average Bonchev–Trinajstić information content (AvgIpc) is 3.12. The summed E-state index contributed by atoms with van der Waals surface area (Å²) in [4.78, 5) is 41.5. The van der Waals surface area contributed by atoms with Crippen molar-refractivity contribution in [2.24, 2.45) is 5.92 Å². The molecular weight excluding hydrogens is 398 g/mol. The van der Waals surface area contributed by atoms with Gasteiger partial charge >= 0.3 is 11.7 Å². The summed E-state index contributed by atoms with van der Waals surface area (Å²) >= 11 is 6.29. The van der Waals surface area contributed by atoms with Gasteiger partial charge in [-0.25, -0.2) is 9.59 Å². The maximum Gasteiger partial charge on any atom is 0.343 e. The third-order valence-corrected chi connectivity index (χ3v) is 4.63. The first kappa shape index (κ1) is 20.7. The minimum Gasteiger partial charge on any atom is -0.449 e. The van der Waals surface area contributed by atoms with E-state index in [9.17, 15) is 14.4 Å². The third kappa shape index (κ3) is 4.51. The Morgan fingerprint density at radius 3 is 2.62 bits per heavy atom. The summed E-state index contributed by atoms with van der Waals surface area (Å²) in [7, 11) is 0. The number of ether oxygens (including phenoxy) is 1. The van der Waals surface area contributed by atoms with Crippen LogP contribution in [0.4, 0.5) is 5.69 Å². The number of nitrogens with one attached hydrogen (secondary N) is 3. The van der Waals surface area contributed by atoms with Crippen LogP contribution < -0.4 is 11.0 Å². The predicted molar refractivity (Wildman–Crippen MR) is 109 cm³/mol. The van der Waals surface area contributed by atoms with Crippen LogP contribution in [0.3, 0.4) is 0 Å². The van der Waals surface area contributed by atoms with Gasteiger partial charge in [0, 0.05) is 12.2 Å². The number of hydrogen-bond donors (Lipinski definition) is 3. The molecule has 1 aromatic carbocycles. The number of carbonyl (C=O) groups is 2. The fourth-order valence-corrected chi connectivity index (χ4v) is 3.20. The summed E-state index contributed by atoms with van der Waals surface area (Å²) < 4.78 is 6.84. The van der Waals surface area contributed by atoms with E-state index < -0.39 is 18.0 Å². The molecule has 10 heteroatoms. The molecule has 2 aromatic heterocycles. The zero-order valence-electron chi connectivity index (χ0n) is 16.5. The number of rotatable bonds is 6. The van der Waals surface area contributed by atoms with Crippen LogP contribution >= 0.6 is 11.6 Å². The Bertz CT molecular complexity index is 1130. The number of aryl methyl sites for hydroxylation is 1. The van der Waals surface area contributed by atoms with E-state index in [1.807, 2.05) is 13.8 Å². The quantitative estimate of drug-likeness (QED) is 0.530. The molecule has 0 saturated carbocycles. The lowest BCUT2D eigenvalue weighted by molar-refractivity contribution is -0.123. The molecule has 0 bridgehead atoms. The van der Waals surface area contributed by atoms with Gasteiger partial charge < -0.3 is 20.0 Å². The second kappa shape index (κ2) is 8.12. The fraction of sp³-hybridized carbons (Fsp3) is 0.368. The summed E-state index contributed by atoms with van der Waals surface area (Å²) in [5.41, 5.74) is 1.89. The van der Waals surface area contributed by atoms with E-state index in [0.29, 0.717) is 34.9 Å². The van der Waals surface area contributed by atoms with Crippen LogP contribution in [-0.2, 0) is 16.1 Å². The number of aromatic amines is 2. The van der Waals surface area contributed by atoms with Crippen molar-refractivity contribution in [1.82, 2.24) is 19.7 Å². The summed E-state index contributed by atoms with van der Waals surface area (Å²) in [5, 5.41) is 7.12. The maximum atomic E-state index is 12.5. The predicted octanol–water partition coefficient (Wildman–Crippen LogP) is 2.85. The van der Waals surface area contributed by atoms with E-state index in [2.05, 4.69) is 20.4 Å². The van der Waals surface area contributed by atoms with Gasteiger partial charge in [-0.1, -0.05) is 25.4 Å².